The standard InChI is InChI=1S/C72H146O34S/c1-2-3-4-5-6-7-8-9-10-11-12-76-13-14-77-15-16-78-17-18-79-19-20-80-21-22-81-23-24-82-25-26-83-27-28-84-29-30-85-31-32-86-33-34-87-35-36-88-37-38-89-39-40-90-41-42-91-43-44-92-45-46-93-47-48-94-49-50-95-51-52-96-53-54-97-55-56-98-57-58-99-59-60-100-61-62-101-63-64-102-65-66-103-67-68-104-69-70-105-71-72-106-107(73,74)75/h2-72H2,1H3,(H,73,74,75). The van der Waals surface area contributed by atoms with Gasteiger partial charge in [0.2, 0.25) is 0 Å². The Morgan fingerprint density at radius 1 is 0.140 bits per heavy atom. The van der Waals surface area contributed by atoms with E-state index in [9.17, 15) is 8.42 Å². The summed E-state index contributed by atoms with van der Waals surface area (Å²) < 4.78 is 199. The first-order chi connectivity index (χ1) is 53.1. The Morgan fingerprint density at radius 2 is 0.234 bits per heavy atom. The molecule has 0 aliphatic carbocycles. The normalized spacial score (nSPS) is 12.0. The van der Waals surface area contributed by atoms with Crippen LogP contribution in [0.4, 0.5) is 0 Å². The summed E-state index contributed by atoms with van der Waals surface area (Å²) in [6, 6.07) is 0. The van der Waals surface area contributed by atoms with E-state index in [0.29, 0.717) is 377 Å². The Kier molecular flexibility index (Phi) is 97.6. The van der Waals surface area contributed by atoms with Crippen LogP contribution in [0.1, 0.15) is 71.1 Å². The molecule has 0 bridgehead atoms. The second-order valence-electron chi connectivity index (χ2n) is 22.8. The summed E-state index contributed by atoms with van der Waals surface area (Å²) in [5.41, 5.74) is 0. The molecule has 1 N–H and O–H groups in total. The van der Waals surface area contributed by atoms with Crippen LogP contribution in [0.15, 0.2) is 0 Å². The quantitative estimate of drug-likeness (QED) is 0.0658. The van der Waals surface area contributed by atoms with E-state index in [1.54, 1.807) is 0 Å². The topological polar surface area (TPSA) is 340 Å². The van der Waals surface area contributed by atoms with E-state index in [2.05, 4.69) is 11.1 Å². The van der Waals surface area contributed by atoms with Gasteiger partial charge in [-0.2, -0.15) is 8.42 Å². The first-order valence-electron chi connectivity index (χ1n) is 39.0. The molecule has 0 rings (SSSR count). The van der Waals surface area contributed by atoms with Crippen LogP contribution >= 0.6 is 0 Å². The lowest BCUT2D eigenvalue weighted by Crippen LogP contribution is -2.16. The first-order valence-corrected chi connectivity index (χ1v) is 40.4. The fraction of sp³-hybridized carbons (Fsp3) is 1.00. The molecule has 0 amide bonds. The van der Waals surface area contributed by atoms with Gasteiger partial charge in [0.05, 0.1) is 396 Å². The lowest BCUT2D eigenvalue weighted by Gasteiger charge is -2.09. The largest absolute Gasteiger partial charge is 0.397 e. The Balaban J connectivity index is 3.10. The zero-order chi connectivity index (χ0) is 76.6. The number of unbranched alkanes of at least 4 members (excludes halogenated alkanes) is 9. The van der Waals surface area contributed by atoms with Crippen molar-refractivity contribution in [2.24, 2.45) is 0 Å². The van der Waals surface area contributed by atoms with Gasteiger partial charge in [-0.25, -0.2) is 4.18 Å². The minimum atomic E-state index is -4.44. The van der Waals surface area contributed by atoms with Crippen molar-refractivity contribution < 1.29 is 159 Å². The van der Waals surface area contributed by atoms with Gasteiger partial charge in [-0.15, -0.1) is 0 Å². The highest BCUT2D eigenvalue weighted by Gasteiger charge is 2.05. The van der Waals surface area contributed by atoms with Crippen molar-refractivity contribution in [2.75, 3.05) is 403 Å². The van der Waals surface area contributed by atoms with Crippen molar-refractivity contribution in [3.8, 4) is 0 Å². The fourth-order valence-corrected chi connectivity index (χ4v) is 8.65. The van der Waals surface area contributed by atoms with Crippen LogP contribution in [0.25, 0.3) is 0 Å². The van der Waals surface area contributed by atoms with E-state index < -0.39 is 10.4 Å². The van der Waals surface area contributed by atoms with Crippen molar-refractivity contribution >= 4 is 10.4 Å². The number of hydrogen-bond acceptors (Lipinski definition) is 33. The van der Waals surface area contributed by atoms with Gasteiger partial charge in [0.15, 0.2) is 0 Å². The predicted molar refractivity (Wildman–Crippen MR) is 394 cm³/mol. The second kappa shape index (κ2) is 98.9. The summed E-state index contributed by atoms with van der Waals surface area (Å²) in [6.45, 7) is 30.4. The van der Waals surface area contributed by atoms with Crippen LogP contribution < -0.4 is 0 Å². The average Bonchev–Trinajstić information content (AvgIpc) is 1.29. The number of ether oxygens (including phenoxy) is 30. The molecule has 34 nitrogen and oxygen atoms in total. The van der Waals surface area contributed by atoms with Crippen molar-refractivity contribution in [3.05, 3.63) is 0 Å². The van der Waals surface area contributed by atoms with Gasteiger partial charge in [0, 0.05) is 6.61 Å². The molecule has 0 fully saturated rings. The Hall–Kier alpha value is -1.33. The molecule has 0 aromatic heterocycles. The molecule has 0 aliphatic rings. The summed E-state index contributed by atoms with van der Waals surface area (Å²) in [7, 11) is -4.44. The SMILES string of the molecule is CCCCCCCCCCCCOCCOCCOCCOCCOCCOCCOCCOCCOCCOCCOCCOCCOCCOCCOCCOCCOCCOCCOCCOCCOCCOCCOCCOCCOCCOCCOCCOCCOCCOCCOS(=O)(=O)O. The second-order valence-corrected chi connectivity index (χ2v) is 23.9. The van der Waals surface area contributed by atoms with Crippen molar-refractivity contribution in [1.82, 2.24) is 0 Å². The Morgan fingerprint density at radius 3 is 0.346 bits per heavy atom. The maximum atomic E-state index is 10.4. The molecule has 0 saturated carbocycles. The minimum absolute atomic E-state index is 0.0207. The van der Waals surface area contributed by atoms with Crippen LogP contribution in [0.3, 0.4) is 0 Å². The predicted octanol–water partition coefficient (Wildman–Crippen LogP) is 4.22. The molecule has 0 aliphatic heterocycles. The lowest BCUT2D eigenvalue weighted by atomic mass is 10.1. The summed E-state index contributed by atoms with van der Waals surface area (Å²) >= 11 is 0. The van der Waals surface area contributed by atoms with Gasteiger partial charge < -0.3 is 142 Å². The van der Waals surface area contributed by atoms with Crippen LogP contribution in [0.2, 0.25) is 0 Å². The molecular formula is C72H146O34S. The third-order valence-corrected chi connectivity index (χ3v) is 14.4. The molecule has 0 spiro atoms. The molecule has 0 aromatic rings. The summed E-state index contributed by atoms with van der Waals surface area (Å²) in [5.74, 6) is 0. The van der Waals surface area contributed by atoms with E-state index >= 15 is 0 Å². The third kappa shape index (κ3) is 105. The van der Waals surface area contributed by atoms with Crippen LogP contribution in [-0.2, 0) is 157 Å². The molecule has 0 radical (unpaired) electrons. The zero-order valence-electron chi connectivity index (χ0n) is 65.5. The molecule has 35 heteroatoms. The van der Waals surface area contributed by atoms with E-state index in [0.717, 1.165) is 13.0 Å². The molecule has 107 heavy (non-hydrogen) atoms. The van der Waals surface area contributed by atoms with E-state index in [1.807, 2.05) is 0 Å². The van der Waals surface area contributed by atoms with Crippen molar-refractivity contribution in [1.29, 1.82) is 0 Å². The molecule has 0 heterocycles. The average molecular weight is 1590 g/mol. The van der Waals surface area contributed by atoms with Gasteiger partial charge in [-0.1, -0.05) is 64.7 Å². The van der Waals surface area contributed by atoms with E-state index in [-0.39, 0.29) is 19.8 Å². The van der Waals surface area contributed by atoms with E-state index in [1.165, 1.54) is 57.8 Å². The highest BCUT2D eigenvalue weighted by molar-refractivity contribution is 7.80. The third-order valence-electron chi connectivity index (χ3n) is 13.9. The van der Waals surface area contributed by atoms with Crippen LogP contribution in [0, 0.1) is 0 Å². The molecule has 0 aromatic carbocycles. The molecule has 0 saturated heterocycles. The number of hydrogen-bond donors (Lipinski definition) is 1. The lowest BCUT2D eigenvalue weighted by molar-refractivity contribution is -0.0325. The molecule has 644 valence electrons. The zero-order valence-corrected chi connectivity index (χ0v) is 66.3. The highest BCUT2D eigenvalue weighted by atomic mass is 32.3. The first kappa shape index (κ1) is 106. The Bertz CT molecular complexity index is 1680. The number of rotatable bonds is 102. The van der Waals surface area contributed by atoms with Crippen LogP contribution in [0.5, 0.6) is 0 Å². The minimum Gasteiger partial charge on any atom is -0.379 e. The fourth-order valence-electron chi connectivity index (χ4n) is 8.37. The van der Waals surface area contributed by atoms with Gasteiger partial charge in [0.25, 0.3) is 0 Å². The smallest absolute Gasteiger partial charge is 0.379 e. The molecule has 0 unspecified atom stereocenters. The molecular weight excluding hydrogens is 1440 g/mol. The van der Waals surface area contributed by atoms with Gasteiger partial charge in [-0.05, 0) is 6.42 Å². The van der Waals surface area contributed by atoms with Crippen LogP contribution in [-0.4, -0.2) is 416 Å². The Labute approximate surface area is 641 Å². The van der Waals surface area contributed by atoms with Crippen molar-refractivity contribution in [2.45, 2.75) is 71.1 Å². The highest BCUT2D eigenvalue weighted by Crippen LogP contribution is 2.10. The van der Waals surface area contributed by atoms with Gasteiger partial charge in [-0.3, -0.25) is 4.55 Å². The van der Waals surface area contributed by atoms with Crippen molar-refractivity contribution in [3.63, 3.8) is 0 Å². The summed E-state index contributed by atoms with van der Waals surface area (Å²) in [4.78, 5) is 0. The summed E-state index contributed by atoms with van der Waals surface area (Å²) in [5, 5.41) is 0. The molecule has 0 atom stereocenters. The monoisotopic (exact) mass is 1590 g/mol. The maximum Gasteiger partial charge on any atom is 0.397 e. The maximum absolute atomic E-state index is 10.4. The van der Waals surface area contributed by atoms with E-state index in [4.69, 9.17) is 147 Å². The van der Waals surface area contributed by atoms with Gasteiger partial charge in [0.1, 0.15) is 0 Å². The summed E-state index contributed by atoms with van der Waals surface area (Å²) in [6.07, 6.45) is 13.3. The van der Waals surface area contributed by atoms with Gasteiger partial charge >= 0.3 is 10.4 Å².